The predicted octanol–water partition coefficient (Wildman–Crippen LogP) is 6.91. The second kappa shape index (κ2) is 10.1. The molecule has 3 heterocycles. The average Bonchev–Trinajstić information content (AvgIpc) is 3.68. The summed E-state index contributed by atoms with van der Waals surface area (Å²) in [6.45, 7) is 4.45. The van der Waals surface area contributed by atoms with E-state index in [1.54, 1.807) is 6.07 Å². The fourth-order valence-electron chi connectivity index (χ4n) is 6.27. The van der Waals surface area contributed by atoms with Gasteiger partial charge in [0.2, 0.25) is 0 Å². The number of furan rings is 1. The van der Waals surface area contributed by atoms with Crippen molar-refractivity contribution < 1.29 is 17.9 Å². The molecule has 1 aromatic carbocycles. The van der Waals surface area contributed by atoms with E-state index in [0.29, 0.717) is 29.9 Å². The molecule has 2 fully saturated rings. The molecule has 1 aliphatic heterocycles. The van der Waals surface area contributed by atoms with Crippen LogP contribution in [0.4, 0.5) is 8.78 Å². The molecule has 0 radical (unpaired) electrons. The number of benzene rings is 1. The van der Waals surface area contributed by atoms with Crippen LogP contribution in [0.15, 0.2) is 52.5 Å². The molecular formula is C33H35F2N3O2. The summed E-state index contributed by atoms with van der Waals surface area (Å²) < 4.78 is 43.4. The zero-order chi connectivity index (χ0) is 27.4. The van der Waals surface area contributed by atoms with Crippen molar-refractivity contribution in [2.75, 3.05) is 19.7 Å². The molecule has 1 saturated heterocycles. The third-order valence-electron chi connectivity index (χ3n) is 8.83. The first-order valence-corrected chi connectivity index (χ1v) is 14.5. The summed E-state index contributed by atoms with van der Waals surface area (Å²) in [6, 6.07) is 13.7. The van der Waals surface area contributed by atoms with E-state index >= 15 is 8.78 Å². The molecule has 0 bridgehead atoms. The topological polar surface area (TPSA) is 73.3 Å². The Morgan fingerprint density at radius 3 is 2.67 bits per heavy atom. The van der Waals surface area contributed by atoms with E-state index in [9.17, 15) is 0 Å². The van der Waals surface area contributed by atoms with Gasteiger partial charge in [-0.2, -0.15) is 0 Å². The maximum Gasteiger partial charge on any atom is 0.284 e. The van der Waals surface area contributed by atoms with Gasteiger partial charge in [-0.3, -0.25) is 4.98 Å². The zero-order valence-corrected chi connectivity index (χ0v) is 22.8. The molecule has 40 heavy (non-hydrogen) atoms. The number of hydrogen-bond acceptors (Lipinski definition) is 5. The number of aromatic nitrogens is 1. The van der Waals surface area contributed by atoms with Crippen molar-refractivity contribution in [3.8, 4) is 0 Å². The molecule has 3 aliphatic carbocycles. The number of ether oxygens (including phenoxy) is 1. The number of pyridine rings is 1. The lowest BCUT2D eigenvalue weighted by atomic mass is 9.86. The molecule has 208 valence electrons. The lowest BCUT2D eigenvalue weighted by Crippen LogP contribution is -2.33. The summed E-state index contributed by atoms with van der Waals surface area (Å²) in [5.74, 6) is -2.53. The van der Waals surface area contributed by atoms with Gasteiger partial charge >= 0.3 is 0 Å². The SMILES string of the molecule is CC/C1=C\c2nc(C(N)Cc3ccc(C4CNCCO4)cc3)ccc2/C=C2/c3oc(C4CC4)cc3C(F)(F)C2C1. The van der Waals surface area contributed by atoms with Gasteiger partial charge in [0.25, 0.3) is 5.92 Å². The molecule has 1 saturated carbocycles. The van der Waals surface area contributed by atoms with Crippen molar-refractivity contribution in [2.24, 2.45) is 11.7 Å². The van der Waals surface area contributed by atoms with Crippen molar-refractivity contribution in [1.82, 2.24) is 10.3 Å². The first-order valence-electron chi connectivity index (χ1n) is 14.5. The van der Waals surface area contributed by atoms with Crippen molar-refractivity contribution in [3.05, 3.63) is 93.2 Å². The number of morpholine rings is 1. The number of nitrogens with one attached hydrogen (secondary N) is 1. The number of rotatable bonds is 6. The molecule has 7 heteroatoms. The second-order valence-corrected chi connectivity index (χ2v) is 11.6. The van der Waals surface area contributed by atoms with E-state index in [2.05, 4.69) is 29.6 Å². The standard InChI is InChI=1S/C33H35F2N3O2/c1-2-19-13-25-24(32-26(33(25,34)35)17-30(40-32)21-7-8-21)16-23-9-10-28(38-29(23)15-19)27(36)14-20-3-5-22(6-4-20)31-18-37-11-12-39-31/h3-6,9-10,15-17,21,25,27,31,37H,2,7-8,11-14,18,36H2,1H3/b19-15+,24-16+. The molecule has 0 spiro atoms. The summed E-state index contributed by atoms with van der Waals surface area (Å²) in [5.41, 5.74) is 12.9. The average molecular weight is 544 g/mol. The minimum atomic E-state index is -2.95. The number of nitrogens with two attached hydrogens (primary N) is 1. The van der Waals surface area contributed by atoms with Gasteiger partial charge < -0.3 is 20.2 Å². The smallest absolute Gasteiger partial charge is 0.284 e. The summed E-state index contributed by atoms with van der Waals surface area (Å²) >= 11 is 0. The fourth-order valence-corrected chi connectivity index (χ4v) is 6.27. The Bertz CT molecular complexity index is 1480. The van der Waals surface area contributed by atoms with Gasteiger partial charge in [-0.25, -0.2) is 8.78 Å². The Morgan fingerprint density at radius 1 is 1.12 bits per heavy atom. The van der Waals surface area contributed by atoms with E-state index in [1.165, 1.54) is 0 Å². The van der Waals surface area contributed by atoms with E-state index in [1.807, 2.05) is 31.2 Å². The molecule has 3 atom stereocenters. The summed E-state index contributed by atoms with van der Waals surface area (Å²) in [5, 5.41) is 3.37. The molecule has 3 N–H and O–H groups in total. The summed E-state index contributed by atoms with van der Waals surface area (Å²) in [7, 11) is 0. The maximum atomic E-state index is 15.7. The number of hydrogen-bond donors (Lipinski definition) is 2. The van der Waals surface area contributed by atoms with Gasteiger partial charge in [-0.05, 0) is 67.5 Å². The Hall–Kier alpha value is -3.13. The normalized spacial score (nSPS) is 26.8. The molecule has 4 aliphatic rings. The fraction of sp³-hybridized carbons (Fsp3) is 0.424. The first-order chi connectivity index (χ1) is 19.4. The molecule has 2 aromatic heterocycles. The summed E-state index contributed by atoms with van der Waals surface area (Å²) in [4.78, 5) is 4.96. The molecular weight excluding hydrogens is 508 g/mol. The van der Waals surface area contributed by atoms with Crippen LogP contribution < -0.4 is 11.1 Å². The Balaban J connectivity index is 1.17. The molecule has 7 rings (SSSR count). The van der Waals surface area contributed by atoms with Crippen LogP contribution in [0.3, 0.4) is 0 Å². The van der Waals surface area contributed by atoms with Gasteiger partial charge in [0.05, 0.1) is 41.6 Å². The number of alkyl halides is 2. The van der Waals surface area contributed by atoms with Crippen LogP contribution in [-0.2, 0) is 17.1 Å². The molecule has 3 aromatic rings. The third-order valence-corrected chi connectivity index (χ3v) is 8.83. The van der Waals surface area contributed by atoms with Gasteiger partial charge in [0.1, 0.15) is 11.5 Å². The van der Waals surface area contributed by atoms with Crippen LogP contribution in [0.1, 0.15) is 95.8 Å². The second-order valence-electron chi connectivity index (χ2n) is 11.6. The van der Waals surface area contributed by atoms with Gasteiger partial charge in [-0.15, -0.1) is 0 Å². The Kier molecular flexibility index (Phi) is 6.49. The Labute approximate surface area is 233 Å². The van der Waals surface area contributed by atoms with Crippen molar-refractivity contribution in [2.45, 2.75) is 63.0 Å². The van der Waals surface area contributed by atoms with E-state index in [4.69, 9.17) is 19.9 Å². The molecule has 0 amide bonds. The van der Waals surface area contributed by atoms with Crippen molar-refractivity contribution in [1.29, 1.82) is 0 Å². The van der Waals surface area contributed by atoms with Crippen molar-refractivity contribution in [3.63, 3.8) is 0 Å². The predicted molar refractivity (Wildman–Crippen MR) is 152 cm³/mol. The highest BCUT2D eigenvalue weighted by molar-refractivity contribution is 5.88. The number of nitrogens with zero attached hydrogens (tertiary/aromatic N) is 1. The number of allylic oxidation sites excluding steroid dienone is 2. The first kappa shape index (κ1) is 25.8. The van der Waals surface area contributed by atoms with Gasteiger partial charge in [0.15, 0.2) is 0 Å². The lowest BCUT2D eigenvalue weighted by molar-refractivity contribution is -0.0356. The van der Waals surface area contributed by atoms with Crippen LogP contribution >= 0.6 is 0 Å². The lowest BCUT2D eigenvalue weighted by Gasteiger charge is -2.24. The summed E-state index contributed by atoms with van der Waals surface area (Å²) in [6.07, 6.45) is 7.56. The third kappa shape index (κ3) is 4.64. The van der Waals surface area contributed by atoms with Crippen LogP contribution in [-0.4, -0.2) is 24.7 Å². The van der Waals surface area contributed by atoms with Crippen molar-refractivity contribution >= 4 is 17.7 Å². The minimum absolute atomic E-state index is 0.0495. The van der Waals surface area contributed by atoms with Crippen LogP contribution in [0.2, 0.25) is 0 Å². The van der Waals surface area contributed by atoms with Crippen LogP contribution in [0.5, 0.6) is 0 Å². The van der Waals surface area contributed by atoms with Crippen LogP contribution in [0.25, 0.3) is 17.7 Å². The van der Waals surface area contributed by atoms with E-state index < -0.39 is 11.8 Å². The highest BCUT2D eigenvalue weighted by Crippen LogP contribution is 2.58. The van der Waals surface area contributed by atoms with E-state index in [-0.39, 0.29) is 30.0 Å². The number of fused-ring (bicyclic) bond motifs is 4. The largest absolute Gasteiger partial charge is 0.461 e. The zero-order valence-electron chi connectivity index (χ0n) is 22.8. The highest BCUT2D eigenvalue weighted by Gasteiger charge is 2.54. The Morgan fingerprint density at radius 2 is 1.95 bits per heavy atom. The van der Waals surface area contributed by atoms with Gasteiger partial charge in [0, 0.05) is 30.1 Å². The highest BCUT2D eigenvalue weighted by atomic mass is 19.3. The minimum Gasteiger partial charge on any atom is -0.461 e. The van der Waals surface area contributed by atoms with Crippen LogP contribution in [0, 0.1) is 5.92 Å². The molecule has 5 nitrogen and oxygen atoms in total. The quantitative estimate of drug-likeness (QED) is 0.353. The van der Waals surface area contributed by atoms with Gasteiger partial charge in [-0.1, -0.05) is 42.8 Å². The molecule has 3 unspecified atom stereocenters. The monoisotopic (exact) mass is 543 g/mol. The number of halogens is 2. The maximum absolute atomic E-state index is 15.7. The van der Waals surface area contributed by atoms with E-state index in [0.717, 1.165) is 66.2 Å².